The molecular formula is C18H15F3N2O2. The minimum absolute atomic E-state index is 0.214. The van der Waals surface area contributed by atoms with Crippen LogP contribution in [-0.2, 0) is 11.2 Å². The number of aromatic nitrogens is 1. The van der Waals surface area contributed by atoms with Crippen LogP contribution in [-0.4, -0.2) is 17.3 Å². The Morgan fingerprint density at radius 2 is 1.92 bits per heavy atom. The highest BCUT2D eigenvalue weighted by Crippen LogP contribution is 2.25. The van der Waals surface area contributed by atoms with E-state index in [4.69, 9.17) is 0 Å². The Morgan fingerprint density at radius 3 is 2.72 bits per heavy atom. The number of carbonyl (C=O) groups is 1. The molecule has 4 nitrogen and oxygen atoms in total. The number of nitrogens with one attached hydrogen (secondary N) is 2. The van der Waals surface area contributed by atoms with E-state index in [0.29, 0.717) is 6.42 Å². The van der Waals surface area contributed by atoms with Crippen LogP contribution < -0.4 is 10.1 Å². The molecule has 2 aromatic carbocycles. The molecule has 7 heteroatoms. The highest BCUT2D eigenvalue weighted by atomic mass is 19.4. The predicted octanol–water partition coefficient (Wildman–Crippen LogP) is 4.64. The van der Waals surface area contributed by atoms with Gasteiger partial charge in [0.2, 0.25) is 5.91 Å². The van der Waals surface area contributed by atoms with Gasteiger partial charge in [-0.3, -0.25) is 4.79 Å². The Balaban J connectivity index is 1.60. The lowest BCUT2D eigenvalue weighted by Crippen LogP contribution is -2.17. The maximum Gasteiger partial charge on any atom is 0.573 e. The predicted molar refractivity (Wildman–Crippen MR) is 88.4 cm³/mol. The van der Waals surface area contributed by atoms with Crippen molar-refractivity contribution in [3.63, 3.8) is 0 Å². The number of amides is 1. The van der Waals surface area contributed by atoms with Crippen LogP contribution in [0.5, 0.6) is 5.75 Å². The smallest absolute Gasteiger partial charge is 0.406 e. The second kappa shape index (κ2) is 6.88. The third-order valence-electron chi connectivity index (χ3n) is 3.65. The number of benzene rings is 2. The van der Waals surface area contributed by atoms with Crippen LogP contribution in [0.2, 0.25) is 0 Å². The van der Waals surface area contributed by atoms with Gasteiger partial charge in [-0.15, -0.1) is 13.2 Å². The lowest BCUT2D eigenvalue weighted by Gasteiger charge is -2.10. The standard InChI is InChI=1S/C18H15F3N2O2/c19-18(20,21)25-14-5-3-4-13(10-14)23-17(24)9-8-12-11-22-16-7-2-1-6-15(12)16/h1-7,10-11,22H,8-9H2,(H,23,24). The monoisotopic (exact) mass is 348 g/mol. The second-order valence-electron chi connectivity index (χ2n) is 5.48. The number of aromatic amines is 1. The molecule has 0 radical (unpaired) electrons. The van der Waals surface area contributed by atoms with Gasteiger partial charge in [-0.05, 0) is 30.2 Å². The first-order valence-electron chi connectivity index (χ1n) is 7.61. The molecule has 3 aromatic rings. The molecule has 0 fully saturated rings. The highest BCUT2D eigenvalue weighted by molar-refractivity contribution is 5.91. The van der Waals surface area contributed by atoms with Crippen LogP contribution in [0, 0.1) is 0 Å². The van der Waals surface area contributed by atoms with Gasteiger partial charge < -0.3 is 15.0 Å². The summed E-state index contributed by atoms with van der Waals surface area (Å²) in [4.78, 5) is 15.2. The summed E-state index contributed by atoms with van der Waals surface area (Å²) in [5.41, 5.74) is 2.26. The van der Waals surface area contributed by atoms with Crippen LogP contribution in [0.15, 0.2) is 54.7 Å². The largest absolute Gasteiger partial charge is 0.573 e. The zero-order valence-electron chi connectivity index (χ0n) is 13.1. The van der Waals surface area contributed by atoms with Gasteiger partial charge in [-0.1, -0.05) is 24.3 Å². The first-order valence-corrected chi connectivity index (χ1v) is 7.61. The van der Waals surface area contributed by atoms with Crippen molar-refractivity contribution in [3.05, 3.63) is 60.3 Å². The fourth-order valence-electron chi connectivity index (χ4n) is 2.58. The van der Waals surface area contributed by atoms with E-state index < -0.39 is 6.36 Å². The van der Waals surface area contributed by atoms with Gasteiger partial charge in [0.05, 0.1) is 0 Å². The SMILES string of the molecule is O=C(CCc1c[nH]c2ccccc12)Nc1cccc(OC(F)(F)F)c1. The van der Waals surface area contributed by atoms with E-state index in [0.717, 1.165) is 22.5 Å². The van der Waals surface area contributed by atoms with Crippen LogP contribution >= 0.6 is 0 Å². The van der Waals surface area contributed by atoms with Crippen molar-refractivity contribution in [2.24, 2.45) is 0 Å². The lowest BCUT2D eigenvalue weighted by atomic mass is 10.1. The average molecular weight is 348 g/mol. The Hall–Kier alpha value is -2.96. The first-order chi connectivity index (χ1) is 11.9. The van der Waals surface area contributed by atoms with E-state index >= 15 is 0 Å². The van der Waals surface area contributed by atoms with E-state index in [1.165, 1.54) is 18.2 Å². The molecule has 1 heterocycles. The molecule has 0 aliphatic heterocycles. The molecule has 0 aliphatic rings. The van der Waals surface area contributed by atoms with Crippen molar-refractivity contribution >= 4 is 22.5 Å². The Kier molecular flexibility index (Phi) is 4.65. The number of halogens is 3. The van der Waals surface area contributed by atoms with Gasteiger partial charge in [-0.2, -0.15) is 0 Å². The minimum atomic E-state index is -4.77. The van der Waals surface area contributed by atoms with Crippen molar-refractivity contribution in [2.75, 3.05) is 5.32 Å². The maximum atomic E-state index is 12.2. The molecule has 25 heavy (non-hydrogen) atoms. The summed E-state index contributed by atoms with van der Waals surface area (Å²) in [6.07, 6.45) is -2.17. The molecule has 2 N–H and O–H groups in total. The number of aryl methyl sites for hydroxylation is 1. The van der Waals surface area contributed by atoms with Crippen molar-refractivity contribution in [1.82, 2.24) is 4.98 Å². The quantitative estimate of drug-likeness (QED) is 0.706. The molecule has 1 aromatic heterocycles. The van der Waals surface area contributed by atoms with Crippen molar-refractivity contribution in [1.29, 1.82) is 0 Å². The number of rotatable bonds is 5. The number of para-hydroxylation sites is 1. The average Bonchev–Trinajstić information content (AvgIpc) is 2.95. The third-order valence-corrected chi connectivity index (χ3v) is 3.65. The summed E-state index contributed by atoms with van der Waals surface area (Å²) in [6, 6.07) is 13.0. The van der Waals surface area contributed by atoms with Crippen LogP contribution in [0.1, 0.15) is 12.0 Å². The summed E-state index contributed by atoms with van der Waals surface area (Å²) in [6.45, 7) is 0. The van der Waals surface area contributed by atoms with Gasteiger partial charge in [0.25, 0.3) is 0 Å². The van der Waals surface area contributed by atoms with Crippen molar-refractivity contribution in [3.8, 4) is 5.75 Å². The number of anilines is 1. The molecule has 3 rings (SSSR count). The number of ether oxygens (including phenoxy) is 1. The van der Waals surface area contributed by atoms with E-state index in [-0.39, 0.29) is 23.8 Å². The van der Waals surface area contributed by atoms with E-state index in [9.17, 15) is 18.0 Å². The zero-order chi connectivity index (χ0) is 17.9. The fraction of sp³-hybridized carbons (Fsp3) is 0.167. The lowest BCUT2D eigenvalue weighted by molar-refractivity contribution is -0.274. The molecule has 0 saturated carbocycles. The minimum Gasteiger partial charge on any atom is -0.406 e. The summed E-state index contributed by atoms with van der Waals surface area (Å²) < 4.78 is 40.5. The van der Waals surface area contributed by atoms with E-state index in [1.807, 2.05) is 30.5 Å². The van der Waals surface area contributed by atoms with Crippen LogP contribution in [0.4, 0.5) is 18.9 Å². The number of fused-ring (bicyclic) bond motifs is 1. The van der Waals surface area contributed by atoms with E-state index in [1.54, 1.807) is 0 Å². The molecular weight excluding hydrogens is 333 g/mol. The molecule has 1 amide bonds. The van der Waals surface area contributed by atoms with Crippen LogP contribution in [0.3, 0.4) is 0 Å². The van der Waals surface area contributed by atoms with Gasteiger partial charge >= 0.3 is 6.36 Å². The van der Waals surface area contributed by atoms with Gasteiger partial charge in [0, 0.05) is 35.3 Å². The number of alkyl halides is 3. The number of carbonyl (C=O) groups excluding carboxylic acids is 1. The normalized spacial score (nSPS) is 11.5. The maximum absolute atomic E-state index is 12.2. The van der Waals surface area contributed by atoms with Crippen molar-refractivity contribution < 1.29 is 22.7 Å². The first kappa shape index (κ1) is 16.9. The van der Waals surface area contributed by atoms with Gasteiger partial charge in [-0.25, -0.2) is 0 Å². The van der Waals surface area contributed by atoms with E-state index in [2.05, 4.69) is 15.0 Å². The Labute approximate surface area is 141 Å². The molecule has 0 spiro atoms. The highest BCUT2D eigenvalue weighted by Gasteiger charge is 2.31. The summed E-state index contributed by atoms with van der Waals surface area (Å²) in [7, 11) is 0. The van der Waals surface area contributed by atoms with Gasteiger partial charge in [0.15, 0.2) is 0 Å². The Morgan fingerprint density at radius 1 is 1.12 bits per heavy atom. The number of hydrogen-bond acceptors (Lipinski definition) is 2. The number of H-pyrrole nitrogens is 1. The third kappa shape index (κ3) is 4.53. The second-order valence-corrected chi connectivity index (χ2v) is 5.48. The zero-order valence-corrected chi connectivity index (χ0v) is 13.1. The topological polar surface area (TPSA) is 54.1 Å². The molecule has 0 atom stereocenters. The molecule has 0 aliphatic carbocycles. The summed E-state index contributed by atoms with van der Waals surface area (Å²) in [5, 5.41) is 3.63. The van der Waals surface area contributed by atoms with Gasteiger partial charge in [0.1, 0.15) is 5.75 Å². The number of hydrogen-bond donors (Lipinski definition) is 2. The Bertz CT molecular complexity index is 887. The molecule has 0 unspecified atom stereocenters. The molecule has 0 saturated heterocycles. The molecule has 130 valence electrons. The summed E-state index contributed by atoms with van der Waals surface area (Å²) >= 11 is 0. The van der Waals surface area contributed by atoms with Crippen molar-refractivity contribution in [2.45, 2.75) is 19.2 Å². The van der Waals surface area contributed by atoms with Crippen LogP contribution in [0.25, 0.3) is 10.9 Å². The summed E-state index contributed by atoms with van der Waals surface area (Å²) in [5.74, 6) is -0.656. The fourth-order valence-corrected chi connectivity index (χ4v) is 2.58. The molecule has 0 bridgehead atoms.